The molecule has 86 valence electrons. The summed E-state index contributed by atoms with van der Waals surface area (Å²) >= 11 is 0. The third kappa shape index (κ3) is 3.38. The monoisotopic (exact) mass is 226 g/mol. The van der Waals surface area contributed by atoms with Crippen LogP contribution in [0.3, 0.4) is 0 Å². The van der Waals surface area contributed by atoms with Gasteiger partial charge >= 0.3 is 0 Å². The average Bonchev–Trinajstić information content (AvgIpc) is 2.39. The van der Waals surface area contributed by atoms with E-state index >= 15 is 0 Å². The van der Waals surface area contributed by atoms with Crippen molar-refractivity contribution in [3.05, 3.63) is 73.0 Å². The van der Waals surface area contributed by atoms with Crippen molar-refractivity contribution in [1.29, 1.82) is 0 Å². The lowest BCUT2D eigenvalue weighted by molar-refractivity contribution is 0.304. The second kappa shape index (κ2) is 5.75. The minimum absolute atomic E-state index is 0.554. The van der Waals surface area contributed by atoms with Crippen molar-refractivity contribution < 1.29 is 9.47 Å². The maximum absolute atomic E-state index is 5.66. The normalized spacial score (nSPS) is 9.65. The summed E-state index contributed by atoms with van der Waals surface area (Å²) in [4.78, 5) is 0. The van der Waals surface area contributed by atoms with Crippen LogP contribution in [0.15, 0.2) is 67.4 Å². The summed E-state index contributed by atoms with van der Waals surface area (Å²) in [6.45, 7) is 4.07. The lowest BCUT2D eigenvalue weighted by Crippen LogP contribution is -1.95. The molecular formula is C15H14O2. The molecule has 2 aromatic rings. The molecule has 17 heavy (non-hydrogen) atoms. The largest absolute Gasteiger partial charge is 0.489 e. The molecule has 0 heterocycles. The van der Waals surface area contributed by atoms with Gasteiger partial charge in [0.05, 0.1) is 6.26 Å². The fourth-order valence-corrected chi connectivity index (χ4v) is 1.47. The Morgan fingerprint density at radius 3 is 2.47 bits per heavy atom. The summed E-state index contributed by atoms with van der Waals surface area (Å²) in [5, 5.41) is 0. The topological polar surface area (TPSA) is 18.5 Å². The quantitative estimate of drug-likeness (QED) is 0.722. The first kappa shape index (κ1) is 11.3. The van der Waals surface area contributed by atoms with Crippen LogP contribution in [0.1, 0.15) is 5.56 Å². The van der Waals surface area contributed by atoms with Crippen molar-refractivity contribution in [3.63, 3.8) is 0 Å². The molecule has 0 spiro atoms. The molecule has 0 fully saturated rings. The van der Waals surface area contributed by atoms with Crippen LogP contribution in [0, 0.1) is 0 Å². The SMILES string of the molecule is C=COc1cccc(OCc2ccccc2)c1. The van der Waals surface area contributed by atoms with E-state index in [9.17, 15) is 0 Å². The third-order valence-electron chi connectivity index (χ3n) is 2.27. The van der Waals surface area contributed by atoms with E-state index in [4.69, 9.17) is 9.47 Å². The van der Waals surface area contributed by atoms with Crippen LogP contribution in [0.2, 0.25) is 0 Å². The van der Waals surface area contributed by atoms with Crippen molar-refractivity contribution in [3.8, 4) is 11.5 Å². The van der Waals surface area contributed by atoms with E-state index in [1.165, 1.54) is 6.26 Å². The number of hydrogen-bond acceptors (Lipinski definition) is 2. The predicted molar refractivity (Wildman–Crippen MR) is 68.0 cm³/mol. The Bertz CT molecular complexity index is 477. The van der Waals surface area contributed by atoms with Gasteiger partial charge in [-0.2, -0.15) is 0 Å². The van der Waals surface area contributed by atoms with E-state index in [0.29, 0.717) is 6.61 Å². The highest BCUT2D eigenvalue weighted by molar-refractivity contribution is 5.33. The first-order valence-corrected chi connectivity index (χ1v) is 5.43. The zero-order chi connectivity index (χ0) is 11.9. The average molecular weight is 226 g/mol. The van der Waals surface area contributed by atoms with Gasteiger partial charge in [0.15, 0.2) is 0 Å². The second-order valence-corrected chi connectivity index (χ2v) is 3.53. The Morgan fingerprint density at radius 1 is 0.941 bits per heavy atom. The van der Waals surface area contributed by atoms with Crippen LogP contribution in [-0.4, -0.2) is 0 Å². The Hall–Kier alpha value is -2.22. The zero-order valence-corrected chi connectivity index (χ0v) is 9.50. The van der Waals surface area contributed by atoms with Crippen LogP contribution in [0.25, 0.3) is 0 Å². The Kier molecular flexibility index (Phi) is 3.81. The molecule has 0 N–H and O–H groups in total. The first-order chi connectivity index (χ1) is 8.38. The van der Waals surface area contributed by atoms with Crippen molar-refractivity contribution in [2.45, 2.75) is 6.61 Å². The molecule has 0 amide bonds. The molecule has 2 rings (SSSR count). The molecular weight excluding hydrogens is 212 g/mol. The van der Waals surface area contributed by atoms with Gasteiger partial charge in [0, 0.05) is 6.07 Å². The number of rotatable bonds is 5. The summed E-state index contributed by atoms with van der Waals surface area (Å²) in [7, 11) is 0. The third-order valence-corrected chi connectivity index (χ3v) is 2.27. The van der Waals surface area contributed by atoms with E-state index < -0.39 is 0 Å². The molecule has 0 aliphatic heterocycles. The molecule has 0 saturated carbocycles. The zero-order valence-electron chi connectivity index (χ0n) is 9.50. The maximum atomic E-state index is 5.66. The second-order valence-electron chi connectivity index (χ2n) is 3.53. The van der Waals surface area contributed by atoms with E-state index in [2.05, 4.69) is 6.58 Å². The highest BCUT2D eigenvalue weighted by atomic mass is 16.5. The lowest BCUT2D eigenvalue weighted by Gasteiger charge is -2.07. The van der Waals surface area contributed by atoms with Gasteiger partial charge in [-0.25, -0.2) is 0 Å². The summed E-state index contributed by atoms with van der Waals surface area (Å²) < 4.78 is 10.8. The van der Waals surface area contributed by atoms with Gasteiger partial charge in [0.25, 0.3) is 0 Å². The predicted octanol–water partition coefficient (Wildman–Crippen LogP) is 3.79. The smallest absolute Gasteiger partial charge is 0.130 e. The number of ether oxygens (including phenoxy) is 2. The Morgan fingerprint density at radius 2 is 1.71 bits per heavy atom. The van der Waals surface area contributed by atoms with E-state index in [1.54, 1.807) is 0 Å². The van der Waals surface area contributed by atoms with Crippen molar-refractivity contribution in [2.75, 3.05) is 0 Å². The van der Waals surface area contributed by atoms with Crippen LogP contribution in [-0.2, 0) is 6.61 Å². The van der Waals surface area contributed by atoms with E-state index in [1.807, 2.05) is 54.6 Å². The van der Waals surface area contributed by atoms with Crippen LogP contribution in [0.5, 0.6) is 11.5 Å². The highest BCUT2D eigenvalue weighted by Crippen LogP contribution is 2.20. The van der Waals surface area contributed by atoms with Gasteiger partial charge in [-0.05, 0) is 17.7 Å². The van der Waals surface area contributed by atoms with E-state index in [0.717, 1.165) is 17.1 Å². The molecule has 0 aromatic heterocycles. The highest BCUT2D eigenvalue weighted by Gasteiger charge is 1.97. The minimum Gasteiger partial charge on any atom is -0.489 e. The van der Waals surface area contributed by atoms with Crippen molar-refractivity contribution in [2.24, 2.45) is 0 Å². The van der Waals surface area contributed by atoms with Crippen molar-refractivity contribution in [1.82, 2.24) is 0 Å². The number of benzene rings is 2. The first-order valence-electron chi connectivity index (χ1n) is 5.43. The summed E-state index contributed by atoms with van der Waals surface area (Å²) in [6, 6.07) is 17.5. The fourth-order valence-electron chi connectivity index (χ4n) is 1.47. The van der Waals surface area contributed by atoms with Gasteiger partial charge in [0.1, 0.15) is 18.1 Å². The maximum Gasteiger partial charge on any atom is 0.130 e. The lowest BCUT2D eigenvalue weighted by atomic mass is 10.2. The summed E-state index contributed by atoms with van der Waals surface area (Å²) in [5.41, 5.74) is 1.14. The van der Waals surface area contributed by atoms with Gasteiger partial charge in [-0.15, -0.1) is 0 Å². The molecule has 0 bridgehead atoms. The summed E-state index contributed by atoms with van der Waals surface area (Å²) in [5.74, 6) is 1.51. The fraction of sp³-hybridized carbons (Fsp3) is 0.0667. The molecule has 0 aliphatic rings. The van der Waals surface area contributed by atoms with Gasteiger partial charge < -0.3 is 9.47 Å². The van der Waals surface area contributed by atoms with E-state index in [-0.39, 0.29) is 0 Å². The Balaban J connectivity index is 1.99. The molecule has 2 nitrogen and oxygen atoms in total. The molecule has 0 unspecified atom stereocenters. The van der Waals surface area contributed by atoms with Gasteiger partial charge in [0.2, 0.25) is 0 Å². The van der Waals surface area contributed by atoms with Gasteiger partial charge in [-0.1, -0.05) is 43.0 Å². The van der Waals surface area contributed by atoms with Crippen LogP contribution >= 0.6 is 0 Å². The van der Waals surface area contributed by atoms with Crippen LogP contribution < -0.4 is 9.47 Å². The molecule has 2 aromatic carbocycles. The molecule has 0 aliphatic carbocycles. The molecule has 0 radical (unpaired) electrons. The number of hydrogen-bond donors (Lipinski definition) is 0. The summed E-state index contributed by atoms with van der Waals surface area (Å²) in [6.07, 6.45) is 1.40. The minimum atomic E-state index is 0.554. The standard InChI is InChI=1S/C15H14O2/c1-2-16-14-9-6-10-15(11-14)17-12-13-7-4-3-5-8-13/h2-11H,1,12H2. The van der Waals surface area contributed by atoms with Crippen molar-refractivity contribution >= 4 is 0 Å². The molecule has 2 heteroatoms. The Labute approximate surface area is 101 Å². The molecule has 0 atom stereocenters. The van der Waals surface area contributed by atoms with Crippen LogP contribution in [0.4, 0.5) is 0 Å². The van der Waals surface area contributed by atoms with Gasteiger partial charge in [-0.3, -0.25) is 0 Å². The molecule has 0 saturated heterocycles.